The van der Waals surface area contributed by atoms with E-state index in [0.717, 1.165) is 24.2 Å². The number of benzene rings is 2. The molecule has 0 amide bonds. The number of hydrogen-bond acceptors (Lipinski definition) is 3. The van der Waals surface area contributed by atoms with Gasteiger partial charge in [0.25, 0.3) is 0 Å². The number of carbonyl (C=O) groups is 2. The Morgan fingerprint density at radius 2 is 1.76 bits per heavy atom. The second-order valence-electron chi connectivity index (χ2n) is 5.76. The lowest BCUT2D eigenvalue weighted by Crippen LogP contribution is -2.06. The van der Waals surface area contributed by atoms with Crippen LogP contribution in [-0.2, 0) is 0 Å². The van der Waals surface area contributed by atoms with Gasteiger partial charge in [-0.1, -0.05) is 37.6 Å². The van der Waals surface area contributed by atoms with E-state index in [1.807, 2.05) is 30.3 Å². The van der Waals surface area contributed by atoms with Crippen LogP contribution in [0.5, 0.6) is 5.75 Å². The van der Waals surface area contributed by atoms with E-state index >= 15 is 0 Å². The first-order valence-corrected chi connectivity index (χ1v) is 8.27. The fraction of sp³-hybridized carbons (Fsp3) is 0.238. The third-order valence-electron chi connectivity index (χ3n) is 3.92. The summed E-state index contributed by atoms with van der Waals surface area (Å²) in [6.45, 7) is 2.07. The quantitative estimate of drug-likeness (QED) is 0.552. The van der Waals surface area contributed by atoms with Gasteiger partial charge in [-0.2, -0.15) is 0 Å². The monoisotopic (exact) mass is 338 g/mol. The lowest BCUT2D eigenvalue weighted by Gasteiger charge is -2.08. The first-order chi connectivity index (χ1) is 12.0. The van der Waals surface area contributed by atoms with Gasteiger partial charge in [0.2, 0.25) is 0 Å². The molecule has 2 aromatic carbocycles. The van der Waals surface area contributed by atoms with Gasteiger partial charge in [0.1, 0.15) is 5.75 Å². The van der Waals surface area contributed by atoms with Crippen molar-refractivity contribution in [2.45, 2.75) is 26.2 Å². The Labute approximate surface area is 147 Å². The number of methoxy groups -OCH3 is 1. The smallest absolute Gasteiger partial charge is 0.335 e. The zero-order chi connectivity index (χ0) is 18.2. The van der Waals surface area contributed by atoms with Crippen molar-refractivity contribution in [3.8, 4) is 5.75 Å². The molecular weight excluding hydrogens is 316 g/mol. The van der Waals surface area contributed by atoms with Crippen LogP contribution in [0.25, 0.3) is 6.08 Å². The van der Waals surface area contributed by atoms with Crippen LogP contribution >= 0.6 is 0 Å². The maximum atomic E-state index is 12.9. The highest BCUT2D eigenvalue weighted by Crippen LogP contribution is 2.21. The van der Waals surface area contributed by atoms with Gasteiger partial charge in [-0.05, 0) is 48.7 Å². The van der Waals surface area contributed by atoms with Crippen LogP contribution in [0.4, 0.5) is 0 Å². The Hall–Kier alpha value is -2.88. The number of Topliss-reactive ketones (excluding diaryl/α,β-unsaturated/α-hetero) is 1. The Kier molecular flexibility index (Phi) is 6.52. The van der Waals surface area contributed by atoms with E-state index in [2.05, 4.69) is 6.92 Å². The molecule has 25 heavy (non-hydrogen) atoms. The normalized spacial score (nSPS) is 11.2. The molecule has 0 atom stereocenters. The Balaban J connectivity index is 2.34. The van der Waals surface area contributed by atoms with E-state index in [1.165, 1.54) is 12.1 Å². The average Bonchev–Trinajstić information content (AvgIpc) is 2.65. The maximum Gasteiger partial charge on any atom is 0.335 e. The van der Waals surface area contributed by atoms with Crippen molar-refractivity contribution in [1.29, 1.82) is 0 Å². The van der Waals surface area contributed by atoms with Gasteiger partial charge >= 0.3 is 5.97 Å². The van der Waals surface area contributed by atoms with E-state index in [-0.39, 0.29) is 11.3 Å². The van der Waals surface area contributed by atoms with Crippen molar-refractivity contribution in [2.75, 3.05) is 7.11 Å². The van der Waals surface area contributed by atoms with Crippen LogP contribution in [0.1, 0.15) is 52.5 Å². The molecule has 0 fully saturated rings. The molecule has 4 heteroatoms. The number of ketones is 1. The molecule has 0 heterocycles. The van der Waals surface area contributed by atoms with Gasteiger partial charge in [-0.25, -0.2) is 4.79 Å². The molecule has 130 valence electrons. The van der Waals surface area contributed by atoms with Crippen molar-refractivity contribution >= 4 is 17.8 Å². The minimum absolute atomic E-state index is 0.116. The molecule has 2 rings (SSSR count). The molecule has 0 aliphatic rings. The maximum absolute atomic E-state index is 12.9. The lowest BCUT2D eigenvalue weighted by molar-refractivity contribution is 0.0697. The number of rotatable bonds is 8. The van der Waals surface area contributed by atoms with E-state index in [0.29, 0.717) is 17.6 Å². The summed E-state index contributed by atoms with van der Waals surface area (Å²) in [6.07, 6.45) is 4.39. The fourth-order valence-corrected chi connectivity index (χ4v) is 2.50. The minimum atomic E-state index is -1.04. The first-order valence-electron chi connectivity index (χ1n) is 8.27. The first kappa shape index (κ1) is 18.5. The van der Waals surface area contributed by atoms with Gasteiger partial charge in [-0.15, -0.1) is 0 Å². The molecule has 0 bridgehead atoms. The molecule has 0 aliphatic heterocycles. The molecule has 0 spiro atoms. The van der Waals surface area contributed by atoms with Gasteiger partial charge in [0, 0.05) is 11.1 Å². The summed E-state index contributed by atoms with van der Waals surface area (Å²) < 4.78 is 5.15. The summed E-state index contributed by atoms with van der Waals surface area (Å²) in [5.74, 6) is -0.413. The summed E-state index contributed by atoms with van der Waals surface area (Å²) in [7, 11) is 1.61. The number of ether oxygens (including phenoxy) is 1. The van der Waals surface area contributed by atoms with Crippen LogP contribution in [0.3, 0.4) is 0 Å². The second kappa shape index (κ2) is 8.83. The molecule has 2 aromatic rings. The Bertz CT molecular complexity index is 773. The van der Waals surface area contributed by atoms with Crippen LogP contribution in [0.15, 0.2) is 54.1 Å². The molecule has 4 nitrogen and oxygen atoms in total. The zero-order valence-corrected chi connectivity index (χ0v) is 14.5. The molecule has 0 aliphatic carbocycles. The minimum Gasteiger partial charge on any atom is -0.497 e. The highest BCUT2D eigenvalue weighted by molar-refractivity contribution is 6.12. The van der Waals surface area contributed by atoms with Crippen LogP contribution in [0.2, 0.25) is 0 Å². The largest absolute Gasteiger partial charge is 0.497 e. The Morgan fingerprint density at radius 1 is 1.08 bits per heavy atom. The molecule has 0 saturated carbocycles. The number of allylic oxidation sites excluding steroid dienone is 1. The highest BCUT2D eigenvalue weighted by Gasteiger charge is 2.14. The second-order valence-corrected chi connectivity index (χ2v) is 5.76. The van der Waals surface area contributed by atoms with E-state index in [1.54, 1.807) is 19.2 Å². The van der Waals surface area contributed by atoms with Gasteiger partial charge in [0.15, 0.2) is 5.78 Å². The van der Waals surface area contributed by atoms with Gasteiger partial charge < -0.3 is 9.84 Å². The number of carboxylic acids is 1. The van der Waals surface area contributed by atoms with Crippen molar-refractivity contribution in [3.05, 3.63) is 70.8 Å². The molecule has 0 aromatic heterocycles. The van der Waals surface area contributed by atoms with Crippen LogP contribution in [0, 0.1) is 0 Å². The highest BCUT2D eigenvalue weighted by atomic mass is 16.5. The number of hydrogen-bond donors (Lipinski definition) is 1. The van der Waals surface area contributed by atoms with E-state index in [4.69, 9.17) is 9.84 Å². The summed E-state index contributed by atoms with van der Waals surface area (Å²) in [5, 5.41) is 9.12. The number of carboxylic acid groups (broad SMARTS) is 1. The number of aromatic carboxylic acids is 1. The summed E-state index contributed by atoms with van der Waals surface area (Å²) in [6, 6.07) is 13.6. The third kappa shape index (κ3) is 5.05. The zero-order valence-electron chi connectivity index (χ0n) is 14.5. The molecule has 1 N–H and O–H groups in total. The number of carbonyl (C=O) groups excluding carboxylic acids is 1. The molecular formula is C21H22O4. The van der Waals surface area contributed by atoms with Crippen LogP contribution in [-0.4, -0.2) is 24.0 Å². The summed E-state index contributed by atoms with van der Waals surface area (Å²) in [5.41, 5.74) is 2.10. The third-order valence-corrected chi connectivity index (χ3v) is 3.92. The van der Waals surface area contributed by atoms with Crippen molar-refractivity contribution < 1.29 is 19.4 Å². The molecule has 0 radical (unpaired) electrons. The van der Waals surface area contributed by atoms with Crippen LogP contribution < -0.4 is 4.74 Å². The van der Waals surface area contributed by atoms with E-state index in [9.17, 15) is 9.59 Å². The topological polar surface area (TPSA) is 63.6 Å². The predicted octanol–water partition coefficient (Wildman–Crippen LogP) is 4.85. The SMILES string of the molecule is CCCCC(=Cc1ccc(OC)cc1)C(=O)c1cccc(C(=O)O)c1. The van der Waals surface area contributed by atoms with Crippen molar-refractivity contribution in [2.24, 2.45) is 0 Å². The fourth-order valence-electron chi connectivity index (χ4n) is 2.50. The summed E-state index contributed by atoms with van der Waals surface area (Å²) in [4.78, 5) is 24.0. The molecule has 0 saturated heterocycles. The predicted molar refractivity (Wildman–Crippen MR) is 98.2 cm³/mol. The number of unbranched alkanes of at least 4 members (excludes halogenated alkanes) is 1. The average molecular weight is 338 g/mol. The Morgan fingerprint density at radius 3 is 2.36 bits per heavy atom. The lowest BCUT2D eigenvalue weighted by atomic mass is 9.95. The van der Waals surface area contributed by atoms with Crippen molar-refractivity contribution in [1.82, 2.24) is 0 Å². The summed E-state index contributed by atoms with van der Waals surface area (Å²) >= 11 is 0. The molecule has 0 unspecified atom stereocenters. The van der Waals surface area contributed by atoms with Gasteiger partial charge in [-0.3, -0.25) is 4.79 Å². The van der Waals surface area contributed by atoms with Crippen molar-refractivity contribution in [3.63, 3.8) is 0 Å². The van der Waals surface area contributed by atoms with E-state index < -0.39 is 5.97 Å². The standard InChI is InChI=1S/C21H22O4/c1-3-4-6-16(13-15-9-11-19(25-2)12-10-15)20(22)17-7-5-8-18(14-17)21(23)24/h5,7-14H,3-4,6H2,1-2H3,(H,23,24). The van der Waals surface area contributed by atoms with Gasteiger partial charge in [0.05, 0.1) is 12.7 Å².